The largest absolute Gasteiger partial charge is 0.312 e. The first-order valence-electron chi connectivity index (χ1n) is 6.24. The van der Waals surface area contributed by atoms with Gasteiger partial charge in [-0.15, -0.1) is 0 Å². The zero-order valence-corrected chi connectivity index (χ0v) is 10.6. The summed E-state index contributed by atoms with van der Waals surface area (Å²) in [6, 6.07) is 6.74. The Bertz CT molecular complexity index is 493. The first kappa shape index (κ1) is 12.8. The summed E-state index contributed by atoms with van der Waals surface area (Å²) in [5.74, 6) is -0.170. The molecule has 2 rings (SSSR count). The van der Waals surface area contributed by atoms with Crippen LogP contribution in [0.15, 0.2) is 36.7 Å². The summed E-state index contributed by atoms with van der Waals surface area (Å²) in [6.07, 6.45) is 4.74. The summed E-state index contributed by atoms with van der Waals surface area (Å²) in [6.45, 7) is 4.59. The highest BCUT2D eigenvalue weighted by Crippen LogP contribution is 2.04. The first-order valence-corrected chi connectivity index (χ1v) is 6.24. The maximum absolute atomic E-state index is 13.0. The Hall–Kier alpha value is -1.68. The van der Waals surface area contributed by atoms with Crippen molar-refractivity contribution in [2.45, 2.75) is 26.4 Å². The Balaban J connectivity index is 1.72. The molecule has 4 heteroatoms. The molecule has 18 heavy (non-hydrogen) atoms. The molecule has 0 fully saturated rings. The fraction of sp³-hybridized carbons (Fsp3) is 0.357. The summed E-state index contributed by atoms with van der Waals surface area (Å²) >= 11 is 0. The SMILES string of the molecule is CCn1cc(CNCCc2cccc(F)c2)cn1. The second kappa shape index (κ2) is 6.31. The molecule has 0 saturated carbocycles. The molecule has 96 valence electrons. The smallest absolute Gasteiger partial charge is 0.123 e. The molecule has 0 unspecified atom stereocenters. The standard InChI is InChI=1S/C14H18FN3/c1-2-18-11-13(10-17-18)9-16-7-6-12-4-3-5-14(15)8-12/h3-5,8,10-11,16H,2,6-7,9H2,1H3. The van der Waals surface area contributed by atoms with E-state index in [1.54, 1.807) is 12.1 Å². The van der Waals surface area contributed by atoms with E-state index in [1.165, 1.54) is 11.6 Å². The Morgan fingerprint density at radius 1 is 1.33 bits per heavy atom. The highest BCUT2D eigenvalue weighted by molar-refractivity contribution is 5.16. The van der Waals surface area contributed by atoms with Gasteiger partial charge in [0, 0.05) is 24.8 Å². The van der Waals surface area contributed by atoms with Crippen molar-refractivity contribution >= 4 is 0 Å². The maximum Gasteiger partial charge on any atom is 0.123 e. The molecule has 0 amide bonds. The lowest BCUT2D eigenvalue weighted by Gasteiger charge is -2.03. The summed E-state index contributed by atoms with van der Waals surface area (Å²) < 4.78 is 14.9. The predicted molar refractivity (Wildman–Crippen MR) is 69.7 cm³/mol. The molecule has 0 saturated heterocycles. The van der Waals surface area contributed by atoms with Crippen LogP contribution in [-0.4, -0.2) is 16.3 Å². The van der Waals surface area contributed by atoms with Crippen molar-refractivity contribution in [3.63, 3.8) is 0 Å². The summed E-state index contributed by atoms with van der Waals surface area (Å²) in [7, 11) is 0. The third kappa shape index (κ3) is 3.67. The van der Waals surface area contributed by atoms with Crippen molar-refractivity contribution in [1.29, 1.82) is 0 Å². The molecule has 0 spiro atoms. The number of rotatable bonds is 6. The summed E-state index contributed by atoms with van der Waals surface area (Å²) in [5.41, 5.74) is 2.20. The Labute approximate surface area is 107 Å². The number of halogens is 1. The second-order valence-corrected chi connectivity index (χ2v) is 4.26. The minimum atomic E-state index is -0.170. The van der Waals surface area contributed by atoms with Crippen LogP contribution in [0.4, 0.5) is 4.39 Å². The number of aromatic nitrogens is 2. The van der Waals surface area contributed by atoms with Crippen molar-refractivity contribution in [3.8, 4) is 0 Å². The molecule has 0 bridgehead atoms. The van der Waals surface area contributed by atoms with E-state index in [-0.39, 0.29) is 5.82 Å². The molecule has 1 N–H and O–H groups in total. The lowest BCUT2D eigenvalue weighted by molar-refractivity contribution is 0.622. The highest BCUT2D eigenvalue weighted by atomic mass is 19.1. The monoisotopic (exact) mass is 247 g/mol. The van der Waals surface area contributed by atoms with Crippen molar-refractivity contribution in [2.24, 2.45) is 0 Å². The van der Waals surface area contributed by atoms with Crippen LogP contribution in [0.2, 0.25) is 0 Å². The lowest BCUT2D eigenvalue weighted by Crippen LogP contribution is -2.16. The van der Waals surface area contributed by atoms with Crippen LogP contribution in [0, 0.1) is 5.82 Å². The average Bonchev–Trinajstić information content (AvgIpc) is 2.83. The zero-order valence-electron chi connectivity index (χ0n) is 10.6. The summed E-state index contributed by atoms with van der Waals surface area (Å²) in [4.78, 5) is 0. The lowest BCUT2D eigenvalue weighted by atomic mass is 10.1. The number of benzene rings is 1. The van der Waals surface area contributed by atoms with E-state index in [2.05, 4.69) is 17.3 Å². The molecular formula is C14H18FN3. The Morgan fingerprint density at radius 2 is 2.22 bits per heavy atom. The average molecular weight is 247 g/mol. The van der Waals surface area contributed by atoms with Gasteiger partial charge in [-0.05, 0) is 37.6 Å². The molecule has 1 aromatic carbocycles. The third-order valence-electron chi connectivity index (χ3n) is 2.82. The van der Waals surface area contributed by atoms with Gasteiger partial charge in [-0.2, -0.15) is 5.10 Å². The van der Waals surface area contributed by atoms with E-state index >= 15 is 0 Å². The molecule has 1 aromatic heterocycles. The maximum atomic E-state index is 13.0. The third-order valence-corrected chi connectivity index (χ3v) is 2.82. The van der Waals surface area contributed by atoms with Crippen LogP contribution in [0.3, 0.4) is 0 Å². The predicted octanol–water partition coefficient (Wildman–Crippen LogP) is 2.37. The van der Waals surface area contributed by atoms with Crippen molar-refractivity contribution in [2.75, 3.05) is 6.54 Å². The quantitative estimate of drug-likeness (QED) is 0.794. The molecule has 0 aliphatic rings. The van der Waals surface area contributed by atoms with Crippen LogP contribution in [0.5, 0.6) is 0 Å². The topological polar surface area (TPSA) is 29.9 Å². The van der Waals surface area contributed by atoms with E-state index in [4.69, 9.17) is 0 Å². The number of hydrogen-bond acceptors (Lipinski definition) is 2. The molecule has 0 radical (unpaired) electrons. The van der Waals surface area contributed by atoms with E-state index in [0.29, 0.717) is 0 Å². The molecule has 2 aromatic rings. The van der Waals surface area contributed by atoms with Crippen LogP contribution >= 0.6 is 0 Å². The van der Waals surface area contributed by atoms with E-state index in [0.717, 1.165) is 31.6 Å². The van der Waals surface area contributed by atoms with Gasteiger partial charge in [-0.1, -0.05) is 12.1 Å². The first-order chi connectivity index (χ1) is 8.78. The number of aryl methyl sites for hydroxylation is 1. The van der Waals surface area contributed by atoms with Crippen LogP contribution in [0.25, 0.3) is 0 Å². The molecule has 0 aliphatic heterocycles. The van der Waals surface area contributed by atoms with Gasteiger partial charge in [0.25, 0.3) is 0 Å². The van der Waals surface area contributed by atoms with Crippen LogP contribution in [0.1, 0.15) is 18.1 Å². The van der Waals surface area contributed by atoms with Gasteiger partial charge >= 0.3 is 0 Å². The molecule has 3 nitrogen and oxygen atoms in total. The summed E-state index contributed by atoms with van der Waals surface area (Å²) in [5, 5.41) is 7.54. The fourth-order valence-corrected chi connectivity index (χ4v) is 1.83. The van der Waals surface area contributed by atoms with E-state index < -0.39 is 0 Å². The molecular weight excluding hydrogens is 229 g/mol. The number of hydrogen-bond donors (Lipinski definition) is 1. The second-order valence-electron chi connectivity index (χ2n) is 4.26. The molecule has 0 atom stereocenters. The van der Waals surface area contributed by atoms with Crippen molar-refractivity contribution in [3.05, 3.63) is 53.6 Å². The van der Waals surface area contributed by atoms with Gasteiger partial charge in [0.05, 0.1) is 6.20 Å². The normalized spacial score (nSPS) is 10.8. The van der Waals surface area contributed by atoms with Gasteiger partial charge in [0.2, 0.25) is 0 Å². The van der Waals surface area contributed by atoms with E-state index in [9.17, 15) is 4.39 Å². The zero-order chi connectivity index (χ0) is 12.8. The van der Waals surface area contributed by atoms with Gasteiger partial charge in [-0.3, -0.25) is 4.68 Å². The number of nitrogens with zero attached hydrogens (tertiary/aromatic N) is 2. The number of nitrogens with one attached hydrogen (secondary N) is 1. The Morgan fingerprint density at radius 3 is 2.94 bits per heavy atom. The van der Waals surface area contributed by atoms with Crippen molar-refractivity contribution in [1.82, 2.24) is 15.1 Å². The van der Waals surface area contributed by atoms with E-state index in [1.807, 2.05) is 23.1 Å². The van der Waals surface area contributed by atoms with Crippen LogP contribution < -0.4 is 5.32 Å². The van der Waals surface area contributed by atoms with Crippen molar-refractivity contribution < 1.29 is 4.39 Å². The highest BCUT2D eigenvalue weighted by Gasteiger charge is 1.98. The van der Waals surface area contributed by atoms with Gasteiger partial charge in [0.1, 0.15) is 5.82 Å². The van der Waals surface area contributed by atoms with Crippen LogP contribution in [-0.2, 0) is 19.5 Å². The minimum absolute atomic E-state index is 0.170. The van der Waals surface area contributed by atoms with Gasteiger partial charge in [-0.25, -0.2) is 4.39 Å². The minimum Gasteiger partial charge on any atom is -0.312 e. The molecule has 1 heterocycles. The van der Waals surface area contributed by atoms with Gasteiger partial charge in [0.15, 0.2) is 0 Å². The Kier molecular flexibility index (Phi) is 4.47. The molecule has 0 aliphatic carbocycles. The fourth-order valence-electron chi connectivity index (χ4n) is 1.83. The van der Waals surface area contributed by atoms with Gasteiger partial charge < -0.3 is 5.32 Å².